The van der Waals surface area contributed by atoms with Gasteiger partial charge in [-0.05, 0) is 37.9 Å². The molecule has 0 spiro atoms. The average Bonchev–Trinajstić information content (AvgIpc) is 3.05. The maximum atomic E-state index is 12.1. The van der Waals surface area contributed by atoms with Gasteiger partial charge in [-0.2, -0.15) is 0 Å². The second-order valence-corrected chi connectivity index (χ2v) is 7.28. The topological polar surface area (TPSA) is 52.7 Å². The van der Waals surface area contributed by atoms with Gasteiger partial charge < -0.3 is 10.2 Å². The summed E-state index contributed by atoms with van der Waals surface area (Å²) in [4.78, 5) is 29.0. The Morgan fingerprint density at radius 1 is 1.29 bits per heavy atom. The van der Waals surface area contributed by atoms with Gasteiger partial charge in [0.05, 0.1) is 11.8 Å². The minimum atomic E-state index is 0.0179. The van der Waals surface area contributed by atoms with Gasteiger partial charge in [0, 0.05) is 32.1 Å². The van der Waals surface area contributed by atoms with Crippen molar-refractivity contribution in [2.75, 3.05) is 39.5 Å². The molecule has 0 unspecified atom stereocenters. The zero-order valence-electron chi connectivity index (χ0n) is 14.5. The molecule has 1 atom stereocenters. The molecule has 6 heteroatoms. The molecule has 5 nitrogen and oxygen atoms in total. The molecule has 0 saturated carbocycles. The van der Waals surface area contributed by atoms with Crippen LogP contribution in [0, 0.1) is 0 Å². The number of benzene rings is 1. The van der Waals surface area contributed by atoms with Gasteiger partial charge in [0.25, 0.3) is 0 Å². The Labute approximate surface area is 148 Å². The van der Waals surface area contributed by atoms with Crippen molar-refractivity contribution in [3.8, 4) is 0 Å². The largest absolute Gasteiger partial charge is 0.355 e. The number of rotatable bonds is 8. The number of carbonyl (C=O) groups excluding carboxylic acids is 2. The Balaban J connectivity index is 1.62. The number of likely N-dealkylation sites (N-methyl/N-ethyl adjacent to an activating group) is 1. The summed E-state index contributed by atoms with van der Waals surface area (Å²) in [5, 5.41) is 2.96. The Bertz CT molecular complexity index is 536. The van der Waals surface area contributed by atoms with E-state index in [2.05, 4.69) is 10.2 Å². The molecule has 1 aromatic rings. The predicted octanol–water partition coefficient (Wildman–Crippen LogP) is 1.84. The van der Waals surface area contributed by atoms with Crippen LogP contribution < -0.4 is 5.32 Å². The molecule has 1 N–H and O–H groups in total. The number of nitrogens with zero attached hydrogens (tertiary/aromatic N) is 2. The number of carbonyl (C=O) groups is 2. The summed E-state index contributed by atoms with van der Waals surface area (Å²) in [6, 6.07) is 9.95. The van der Waals surface area contributed by atoms with Crippen molar-refractivity contribution >= 4 is 23.6 Å². The number of nitrogens with one attached hydrogen (secondary N) is 1. The smallest absolute Gasteiger partial charge is 0.239 e. The van der Waals surface area contributed by atoms with E-state index in [0.717, 1.165) is 37.2 Å². The Hall–Kier alpha value is -1.53. The summed E-state index contributed by atoms with van der Waals surface area (Å²) in [5.74, 6) is 0.692. The molecule has 1 aliphatic rings. The van der Waals surface area contributed by atoms with Crippen LogP contribution in [-0.2, 0) is 9.59 Å². The van der Waals surface area contributed by atoms with Crippen molar-refractivity contribution in [3.05, 3.63) is 30.3 Å². The number of hydrogen-bond acceptors (Lipinski definition) is 4. The van der Waals surface area contributed by atoms with Gasteiger partial charge in [0.2, 0.25) is 11.8 Å². The molecular formula is C18H27N3O2S. The average molecular weight is 350 g/mol. The van der Waals surface area contributed by atoms with E-state index in [0.29, 0.717) is 12.3 Å². The summed E-state index contributed by atoms with van der Waals surface area (Å²) in [6.07, 6.45) is 2.89. The number of hydrogen-bond donors (Lipinski definition) is 1. The minimum absolute atomic E-state index is 0.0179. The van der Waals surface area contributed by atoms with Crippen LogP contribution in [0.2, 0.25) is 0 Å². The van der Waals surface area contributed by atoms with Crippen LogP contribution in [-0.4, -0.2) is 67.1 Å². The third-order valence-corrected chi connectivity index (χ3v) is 5.16. The fourth-order valence-electron chi connectivity index (χ4n) is 2.90. The summed E-state index contributed by atoms with van der Waals surface area (Å²) < 4.78 is 0. The first kappa shape index (κ1) is 18.8. The quantitative estimate of drug-likeness (QED) is 0.575. The Morgan fingerprint density at radius 3 is 2.75 bits per heavy atom. The Kier molecular flexibility index (Phi) is 7.59. The van der Waals surface area contributed by atoms with E-state index in [1.54, 1.807) is 16.7 Å². The van der Waals surface area contributed by atoms with Crippen molar-refractivity contribution < 1.29 is 9.59 Å². The van der Waals surface area contributed by atoms with Crippen molar-refractivity contribution in [1.82, 2.24) is 15.1 Å². The maximum Gasteiger partial charge on any atom is 0.239 e. The first-order valence-electron chi connectivity index (χ1n) is 8.47. The van der Waals surface area contributed by atoms with Gasteiger partial charge in [-0.15, -0.1) is 11.8 Å². The second kappa shape index (κ2) is 9.69. The SMILES string of the molecule is CN(C)C(=O)[C@@H]1CCCN1CCCNC(=O)CSc1ccccc1. The van der Waals surface area contributed by atoms with Crippen molar-refractivity contribution in [2.24, 2.45) is 0 Å². The van der Waals surface area contributed by atoms with Gasteiger partial charge in [-0.3, -0.25) is 14.5 Å². The molecule has 2 rings (SSSR count). The lowest BCUT2D eigenvalue weighted by Gasteiger charge is -2.26. The molecule has 1 aliphatic heterocycles. The van der Waals surface area contributed by atoms with E-state index in [1.165, 1.54) is 0 Å². The molecule has 0 aliphatic carbocycles. The van der Waals surface area contributed by atoms with Crippen LogP contribution in [0.5, 0.6) is 0 Å². The van der Waals surface area contributed by atoms with Crippen LogP contribution >= 0.6 is 11.8 Å². The number of thioether (sulfide) groups is 1. The van der Waals surface area contributed by atoms with Crippen molar-refractivity contribution in [1.29, 1.82) is 0 Å². The van der Waals surface area contributed by atoms with Crippen LogP contribution in [0.15, 0.2) is 35.2 Å². The monoisotopic (exact) mass is 349 g/mol. The van der Waals surface area contributed by atoms with Crippen molar-refractivity contribution in [2.45, 2.75) is 30.2 Å². The zero-order chi connectivity index (χ0) is 17.4. The number of amides is 2. The van der Waals surface area contributed by atoms with Crippen LogP contribution in [0.3, 0.4) is 0 Å². The highest BCUT2D eigenvalue weighted by Gasteiger charge is 2.30. The first-order chi connectivity index (χ1) is 11.6. The molecule has 1 saturated heterocycles. The van der Waals surface area contributed by atoms with E-state index in [9.17, 15) is 9.59 Å². The molecule has 1 fully saturated rings. The summed E-state index contributed by atoms with van der Waals surface area (Å²) in [6.45, 7) is 2.49. The van der Waals surface area contributed by atoms with E-state index >= 15 is 0 Å². The normalized spacial score (nSPS) is 17.7. The third kappa shape index (κ3) is 5.83. The van der Waals surface area contributed by atoms with Crippen LogP contribution in [0.4, 0.5) is 0 Å². The lowest BCUT2D eigenvalue weighted by molar-refractivity contribution is -0.133. The third-order valence-electron chi connectivity index (χ3n) is 4.15. The fraction of sp³-hybridized carbons (Fsp3) is 0.556. The molecule has 1 heterocycles. The molecule has 1 aromatic carbocycles. The first-order valence-corrected chi connectivity index (χ1v) is 9.46. The molecule has 132 valence electrons. The molecule has 2 amide bonds. The summed E-state index contributed by atoms with van der Waals surface area (Å²) in [5.41, 5.74) is 0. The molecule has 0 radical (unpaired) electrons. The highest BCUT2D eigenvalue weighted by atomic mass is 32.2. The highest BCUT2D eigenvalue weighted by molar-refractivity contribution is 8.00. The van der Waals surface area contributed by atoms with E-state index < -0.39 is 0 Å². The van der Waals surface area contributed by atoms with Crippen LogP contribution in [0.1, 0.15) is 19.3 Å². The van der Waals surface area contributed by atoms with Crippen LogP contribution in [0.25, 0.3) is 0 Å². The lowest BCUT2D eigenvalue weighted by Crippen LogP contribution is -2.43. The second-order valence-electron chi connectivity index (χ2n) is 6.23. The molecule has 24 heavy (non-hydrogen) atoms. The lowest BCUT2D eigenvalue weighted by atomic mass is 10.2. The van der Waals surface area contributed by atoms with Gasteiger partial charge in [0.1, 0.15) is 0 Å². The minimum Gasteiger partial charge on any atom is -0.355 e. The number of likely N-dealkylation sites (tertiary alicyclic amines) is 1. The molecular weight excluding hydrogens is 322 g/mol. The Morgan fingerprint density at radius 2 is 2.04 bits per heavy atom. The summed E-state index contributed by atoms with van der Waals surface area (Å²) in [7, 11) is 3.62. The van der Waals surface area contributed by atoms with E-state index in [1.807, 2.05) is 44.4 Å². The summed E-state index contributed by atoms with van der Waals surface area (Å²) >= 11 is 1.55. The van der Waals surface area contributed by atoms with E-state index in [4.69, 9.17) is 0 Å². The van der Waals surface area contributed by atoms with Crippen molar-refractivity contribution in [3.63, 3.8) is 0 Å². The fourth-order valence-corrected chi connectivity index (χ4v) is 3.65. The zero-order valence-corrected chi connectivity index (χ0v) is 15.3. The molecule has 0 aromatic heterocycles. The van der Waals surface area contributed by atoms with E-state index in [-0.39, 0.29) is 17.9 Å². The van der Waals surface area contributed by atoms with Gasteiger partial charge >= 0.3 is 0 Å². The molecule has 0 bridgehead atoms. The van der Waals surface area contributed by atoms with Gasteiger partial charge in [-0.1, -0.05) is 18.2 Å². The highest BCUT2D eigenvalue weighted by Crippen LogP contribution is 2.19. The maximum absolute atomic E-state index is 12.1. The van der Waals surface area contributed by atoms with Gasteiger partial charge in [0.15, 0.2) is 0 Å². The standard InChI is InChI=1S/C18H27N3O2S/c1-20(2)18(23)16-10-6-12-21(16)13-7-11-19-17(22)14-24-15-8-4-3-5-9-15/h3-5,8-9,16H,6-7,10-14H2,1-2H3,(H,19,22)/t16-/m0/s1. The predicted molar refractivity (Wildman–Crippen MR) is 98.1 cm³/mol. The van der Waals surface area contributed by atoms with Gasteiger partial charge in [-0.25, -0.2) is 0 Å².